The van der Waals surface area contributed by atoms with Crippen LogP contribution in [0.2, 0.25) is 0 Å². The number of nitrogens with one attached hydrogen (secondary N) is 1. The Hall–Kier alpha value is -0.860. The zero-order valence-corrected chi connectivity index (χ0v) is 11.9. The maximum atomic E-state index is 5.86. The Bertz CT molecular complexity index is 372. The van der Waals surface area contributed by atoms with E-state index in [4.69, 9.17) is 5.84 Å². The summed E-state index contributed by atoms with van der Waals surface area (Å²) in [5, 5.41) is 0. The highest BCUT2D eigenvalue weighted by atomic mass is 15.2. The average Bonchev–Trinajstić information content (AvgIpc) is 2.35. The van der Waals surface area contributed by atoms with Crippen LogP contribution in [-0.4, -0.2) is 0 Å². The summed E-state index contributed by atoms with van der Waals surface area (Å²) in [5.41, 5.74) is 7.22. The van der Waals surface area contributed by atoms with E-state index in [9.17, 15) is 0 Å². The van der Waals surface area contributed by atoms with E-state index in [2.05, 4.69) is 44.4 Å². The Balaban J connectivity index is 2.23. The van der Waals surface area contributed by atoms with Crippen LogP contribution < -0.4 is 11.3 Å². The molecule has 1 aromatic rings. The van der Waals surface area contributed by atoms with Crippen molar-refractivity contribution in [3.63, 3.8) is 0 Å². The van der Waals surface area contributed by atoms with Gasteiger partial charge in [0.2, 0.25) is 0 Å². The van der Waals surface area contributed by atoms with Crippen LogP contribution in [-0.2, 0) is 0 Å². The standard InChI is InChI=1S/C16H26N2/c1-11-7-9-14(10-8-11)16(18-17)15-12(2)5-4-6-13(15)3/h4-6,11,14,16,18H,7-10,17H2,1-3H3. The molecule has 3 N–H and O–H groups in total. The smallest absolute Gasteiger partial charge is 0.0493 e. The summed E-state index contributed by atoms with van der Waals surface area (Å²) in [4.78, 5) is 0. The molecule has 1 saturated carbocycles. The second-order valence-electron chi connectivity index (χ2n) is 5.97. The molecule has 0 spiro atoms. The SMILES string of the molecule is Cc1cccc(C)c1C(NN)C1CCC(C)CC1. The molecule has 100 valence electrons. The van der Waals surface area contributed by atoms with Gasteiger partial charge < -0.3 is 0 Å². The lowest BCUT2D eigenvalue weighted by Gasteiger charge is -2.34. The van der Waals surface area contributed by atoms with Gasteiger partial charge >= 0.3 is 0 Å². The minimum absolute atomic E-state index is 0.318. The van der Waals surface area contributed by atoms with Crippen molar-refractivity contribution in [3.05, 3.63) is 34.9 Å². The van der Waals surface area contributed by atoms with Crippen molar-refractivity contribution in [3.8, 4) is 0 Å². The average molecular weight is 246 g/mol. The molecule has 0 aromatic heterocycles. The lowest BCUT2D eigenvalue weighted by atomic mass is 9.76. The van der Waals surface area contributed by atoms with Crippen LogP contribution in [0.5, 0.6) is 0 Å². The summed E-state index contributed by atoms with van der Waals surface area (Å²) in [5.74, 6) is 7.43. The number of benzene rings is 1. The third kappa shape index (κ3) is 2.76. The van der Waals surface area contributed by atoms with Crippen LogP contribution in [0.3, 0.4) is 0 Å². The highest BCUT2D eigenvalue weighted by Gasteiger charge is 2.28. The molecule has 2 heteroatoms. The van der Waals surface area contributed by atoms with Gasteiger partial charge in [0.1, 0.15) is 0 Å². The van der Waals surface area contributed by atoms with E-state index in [1.54, 1.807) is 0 Å². The van der Waals surface area contributed by atoms with E-state index in [1.165, 1.54) is 42.4 Å². The van der Waals surface area contributed by atoms with Crippen LogP contribution in [0.15, 0.2) is 18.2 Å². The molecule has 0 radical (unpaired) electrons. The zero-order valence-electron chi connectivity index (χ0n) is 11.9. The van der Waals surface area contributed by atoms with Gasteiger partial charge in [0.05, 0.1) is 0 Å². The molecular weight excluding hydrogens is 220 g/mol. The molecule has 18 heavy (non-hydrogen) atoms. The van der Waals surface area contributed by atoms with Crippen molar-refractivity contribution in [2.45, 2.75) is 52.5 Å². The Morgan fingerprint density at radius 3 is 2.17 bits per heavy atom. The van der Waals surface area contributed by atoms with Crippen molar-refractivity contribution < 1.29 is 0 Å². The van der Waals surface area contributed by atoms with Gasteiger partial charge in [0.25, 0.3) is 0 Å². The van der Waals surface area contributed by atoms with Crippen molar-refractivity contribution in [2.75, 3.05) is 0 Å². The lowest BCUT2D eigenvalue weighted by Crippen LogP contribution is -2.36. The maximum Gasteiger partial charge on any atom is 0.0493 e. The van der Waals surface area contributed by atoms with Crippen molar-refractivity contribution in [1.29, 1.82) is 0 Å². The van der Waals surface area contributed by atoms with E-state index < -0.39 is 0 Å². The summed E-state index contributed by atoms with van der Waals surface area (Å²) >= 11 is 0. The number of hydrogen-bond acceptors (Lipinski definition) is 2. The van der Waals surface area contributed by atoms with Crippen LogP contribution in [0.25, 0.3) is 0 Å². The lowest BCUT2D eigenvalue weighted by molar-refractivity contribution is 0.231. The molecule has 0 aliphatic heterocycles. The topological polar surface area (TPSA) is 38.0 Å². The van der Waals surface area contributed by atoms with Gasteiger partial charge in [-0.05, 0) is 55.2 Å². The molecule has 0 bridgehead atoms. The number of aryl methyl sites for hydroxylation is 2. The van der Waals surface area contributed by atoms with Gasteiger partial charge in [0.15, 0.2) is 0 Å². The predicted molar refractivity (Wildman–Crippen MR) is 77.1 cm³/mol. The number of hydrogen-bond donors (Lipinski definition) is 2. The molecule has 1 fully saturated rings. The van der Waals surface area contributed by atoms with Gasteiger partial charge in [-0.2, -0.15) is 0 Å². The summed E-state index contributed by atoms with van der Waals surface area (Å²) in [7, 11) is 0. The van der Waals surface area contributed by atoms with Gasteiger partial charge in [-0.25, -0.2) is 0 Å². The largest absolute Gasteiger partial charge is 0.271 e. The Labute approximate surface area is 111 Å². The molecule has 0 heterocycles. The summed E-state index contributed by atoms with van der Waals surface area (Å²) in [6.45, 7) is 6.75. The molecular formula is C16H26N2. The quantitative estimate of drug-likeness (QED) is 0.631. The van der Waals surface area contributed by atoms with E-state index in [1.807, 2.05) is 0 Å². The molecule has 1 aliphatic carbocycles. The normalized spacial score (nSPS) is 26.0. The Morgan fingerprint density at radius 1 is 1.11 bits per heavy atom. The van der Waals surface area contributed by atoms with Gasteiger partial charge in [-0.1, -0.05) is 38.0 Å². The summed E-state index contributed by atoms with van der Waals surface area (Å²) < 4.78 is 0. The molecule has 1 atom stereocenters. The third-order valence-corrected chi connectivity index (χ3v) is 4.56. The fourth-order valence-electron chi connectivity index (χ4n) is 3.39. The molecule has 1 unspecified atom stereocenters. The van der Waals surface area contributed by atoms with Gasteiger partial charge in [0, 0.05) is 6.04 Å². The third-order valence-electron chi connectivity index (χ3n) is 4.56. The van der Waals surface area contributed by atoms with Crippen molar-refractivity contribution >= 4 is 0 Å². The van der Waals surface area contributed by atoms with Crippen LogP contribution in [0, 0.1) is 25.7 Å². The van der Waals surface area contributed by atoms with Crippen LogP contribution in [0.4, 0.5) is 0 Å². The monoisotopic (exact) mass is 246 g/mol. The second-order valence-corrected chi connectivity index (χ2v) is 5.97. The van der Waals surface area contributed by atoms with Gasteiger partial charge in [-0.15, -0.1) is 0 Å². The first-order chi connectivity index (χ1) is 8.63. The highest BCUT2D eigenvalue weighted by Crippen LogP contribution is 2.38. The molecule has 2 nitrogen and oxygen atoms in total. The van der Waals surface area contributed by atoms with Crippen LogP contribution in [0.1, 0.15) is 55.3 Å². The zero-order chi connectivity index (χ0) is 13.1. The molecule has 0 saturated heterocycles. The Morgan fingerprint density at radius 2 is 1.67 bits per heavy atom. The number of hydrazine groups is 1. The minimum atomic E-state index is 0.318. The first-order valence-corrected chi connectivity index (χ1v) is 7.15. The maximum absolute atomic E-state index is 5.86. The molecule has 2 rings (SSSR count). The fourth-order valence-corrected chi connectivity index (χ4v) is 3.39. The highest BCUT2D eigenvalue weighted by molar-refractivity contribution is 5.36. The first-order valence-electron chi connectivity index (χ1n) is 7.15. The summed E-state index contributed by atoms with van der Waals surface area (Å²) in [6.07, 6.45) is 5.27. The molecule has 1 aliphatic rings. The van der Waals surface area contributed by atoms with E-state index in [0.717, 1.165) is 5.92 Å². The Kier molecular flexibility index (Phi) is 4.41. The second kappa shape index (κ2) is 5.85. The number of rotatable bonds is 3. The predicted octanol–water partition coefficient (Wildman–Crippen LogP) is 3.63. The molecule has 1 aromatic carbocycles. The van der Waals surface area contributed by atoms with E-state index >= 15 is 0 Å². The van der Waals surface area contributed by atoms with Gasteiger partial charge in [-0.3, -0.25) is 11.3 Å². The molecule has 0 amide bonds. The van der Waals surface area contributed by atoms with Crippen molar-refractivity contribution in [2.24, 2.45) is 17.7 Å². The minimum Gasteiger partial charge on any atom is -0.271 e. The first kappa shape index (κ1) is 13.6. The fraction of sp³-hybridized carbons (Fsp3) is 0.625. The van der Waals surface area contributed by atoms with Crippen molar-refractivity contribution in [1.82, 2.24) is 5.43 Å². The van der Waals surface area contributed by atoms with Crippen LogP contribution >= 0.6 is 0 Å². The number of nitrogens with two attached hydrogens (primary N) is 1. The van der Waals surface area contributed by atoms with E-state index in [0.29, 0.717) is 12.0 Å². The summed E-state index contributed by atoms with van der Waals surface area (Å²) in [6, 6.07) is 6.83. The van der Waals surface area contributed by atoms with E-state index in [-0.39, 0.29) is 0 Å².